The first-order valence-electron chi connectivity index (χ1n) is 7.45. The molecule has 2 aromatic carbocycles. The van der Waals surface area contributed by atoms with Gasteiger partial charge in [-0.2, -0.15) is 0 Å². The second-order valence-electron chi connectivity index (χ2n) is 5.52. The van der Waals surface area contributed by atoms with Crippen molar-refractivity contribution in [2.45, 2.75) is 6.92 Å². The van der Waals surface area contributed by atoms with Crippen molar-refractivity contribution in [3.05, 3.63) is 59.7 Å². The topological polar surface area (TPSA) is 49.9 Å². The molecule has 0 spiro atoms. The third kappa shape index (κ3) is 3.04. The number of carbonyl (C=O) groups is 2. The summed E-state index contributed by atoms with van der Waals surface area (Å²) in [5.74, 6) is -0.0915. The monoisotopic (exact) mass is 310 g/mol. The van der Waals surface area contributed by atoms with E-state index in [1.165, 1.54) is 0 Å². The van der Waals surface area contributed by atoms with Crippen LogP contribution in [0.2, 0.25) is 0 Å². The molecule has 0 atom stereocenters. The van der Waals surface area contributed by atoms with E-state index in [9.17, 15) is 9.59 Å². The molecular formula is C18H18N2O3. The molecule has 1 aliphatic heterocycles. The number of rotatable bonds is 3. The summed E-state index contributed by atoms with van der Waals surface area (Å²) in [6.45, 7) is 2.93. The van der Waals surface area contributed by atoms with E-state index < -0.39 is 0 Å². The fourth-order valence-corrected chi connectivity index (χ4v) is 2.56. The molecule has 1 heterocycles. The van der Waals surface area contributed by atoms with Crippen LogP contribution in [0.4, 0.5) is 16.2 Å². The van der Waals surface area contributed by atoms with Gasteiger partial charge in [-0.1, -0.05) is 12.1 Å². The number of aryl methyl sites for hydroxylation is 1. The lowest BCUT2D eigenvalue weighted by Gasteiger charge is -2.19. The van der Waals surface area contributed by atoms with Crippen molar-refractivity contribution in [3.63, 3.8) is 0 Å². The average Bonchev–Trinajstić information content (AvgIpc) is 3.00. The van der Waals surface area contributed by atoms with Crippen molar-refractivity contribution in [1.29, 1.82) is 0 Å². The molecule has 5 heteroatoms. The van der Waals surface area contributed by atoms with Gasteiger partial charge >= 0.3 is 6.09 Å². The van der Waals surface area contributed by atoms with E-state index in [1.54, 1.807) is 41.1 Å². The quantitative estimate of drug-likeness (QED) is 0.874. The molecule has 2 aromatic rings. The Hall–Kier alpha value is -2.82. The minimum Gasteiger partial charge on any atom is -0.447 e. The molecule has 5 nitrogen and oxygen atoms in total. The molecule has 1 aliphatic rings. The van der Waals surface area contributed by atoms with Crippen molar-refractivity contribution in [3.8, 4) is 0 Å². The number of cyclic esters (lactones) is 1. The highest BCUT2D eigenvalue weighted by Crippen LogP contribution is 2.21. The molecular weight excluding hydrogens is 292 g/mol. The zero-order chi connectivity index (χ0) is 16.4. The second-order valence-corrected chi connectivity index (χ2v) is 5.52. The van der Waals surface area contributed by atoms with Gasteiger partial charge in [-0.15, -0.1) is 0 Å². The number of benzene rings is 2. The van der Waals surface area contributed by atoms with Gasteiger partial charge in [-0.3, -0.25) is 9.69 Å². The molecule has 0 aromatic heterocycles. The van der Waals surface area contributed by atoms with E-state index >= 15 is 0 Å². The predicted molar refractivity (Wildman–Crippen MR) is 89.0 cm³/mol. The highest BCUT2D eigenvalue weighted by Gasteiger charge is 2.23. The summed E-state index contributed by atoms with van der Waals surface area (Å²) in [5.41, 5.74) is 3.26. The standard InChI is InChI=1S/C18H18N2O3/c1-13-4-3-5-16(12-13)19(2)17(21)14-6-8-15(9-7-14)20-10-11-23-18(20)22/h3-9,12H,10-11H2,1-2H3. The highest BCUT2D eigenvalue weighted by molar-refractivity contribution is 6.06. The largest absolute Gasteiger partial charge is 0.447 e. The number of ether oxygens (including phenoxy) is 1. The van der Waals surface area contributed by atoms with E-state index in [2.05, 4.69) is 0 Å². The Kier molecular flexibility index (Phi) is 4.02. The molecule has 0 radical (unpaired) electrons. The molecule has 3 rings (SSSR count). The maximum atomic E-state index is 12.6. The minimum atomic E-state index is -0.346. The molecule has 1 saturated heterocycles. The molecule has 0 unspecified atom stereocenters. The van der Waals surface area contributed by atoms with Gasteiger partial charge in [-0.25, -0.2) is 4.79 Å². The molecule has 2 amide bonds. The lowest BCUT2D eigenvalue weighted by Crippen LogP contribution is -2.26. The predicted octanol–water partition coefficient (Wildman–Crippen LogP) is 3.23. The summed E-state index contributed by atoms with van der Waals surface area (Å²) in [6.07, 6.45) is -0.346. The van der Waals surface area contributed by atoms with Crippen LogP contribution in [0.5, 0.6) is 0 Å². The summed E-state index contributed by atoms with van der Waals surface area (Å²) in [6, 6.07) is 14.8. The van der Waals surface area contributed by atoms with Crippen molar-refractivity contribution < 1.29 is 14.3 Å². The SMILES string of the molecule is Cc1cccc(N(C)C(=O)c2ccc(N3CCOC3=O)cc2)c1. The van der Waals surface area contributed by atoms with Crippen molar-refractivity contribution in [1.82, 2.24) is 0 Å². The van der Waals surface area contributed by atoms with Gasteiger partial charge in [0.15, 0.2) is 0 Å². The number of hydrogen-bond acceptors (Lipinski definition) is 3. The van der Waals surface area contributed by atoms with Gasteiger partial charge in [0.1, 0.15) is 6.61 Å². The third-order valence-electron chi connectivity index (χ3n) is 3.88. The molecule has 118 valence electrons. The Morgan fingerprint density at radius 3 is 2.52 bits per heavy atom. The summed E-state index contributed by atoms with van der Waals surface area (Å²) >= 11 is 0. The van der Waals surface area contributed by atoms with Gasteiger partial charge in [0.25, 0.3) is 5.91 Å². The van der Waals surface area contributed by atoms with Gasteiger partial charge in [-0.05, 0) is 48.9 Å². The van der Waals surface area contributed by atoms with E-state index in [0.29, 0.717) is 18.7 Å². The number of anilines is 2. The van der Waals surface area contributed by atoms with Crippen molar-refractivity contribution in [2.24, 2.45) is 0 Å². The van der Waals surface area contributed by atoms with Crippen molar-refractivity contribution >= 4 is 23.4 Å². The van der Waals surface area contributed by atoms with Crippen LogP contribution in [-0.2, 0) is 4.74 Å². The van der Waals surface area contributed by atoms with Crippen LogP contribution in [-0.4, -0.2) is 32.2 Å². The summed E-state index contributed by atoms with van der Waals surface area (Å²) < 4.78 is 4.92. The smallest absolute Gasteiger partial charge is 0.414 e. The molecule has 0 aliphatic carbocycles. The first-order chi connectivity index (χ1) is 11.1. The fraction of sp³-hybridized carbons (Fsp3) is 0.222. The lowest BCUT2D eigenvalue weighted by atomic mass is 10.1. The Morgan fingerprint density at radius 2 is 1.91 bits per heavy atom. The Bertz CT molecular complexity index is 740. The van der Waals surface area contributed by atoms with Crippen LogP contribution < -0.4 is 9.80 Å². The maximum absolute atomic E-state index is 12.6. The number of hydrogen-bond donors (Lipinski definition) is 0. The van der Waals surface area contributed by atoms with Crippen LogP contribution in [0.25, 0.3) is 0 Å². The van der Waals surface area contributed by atoms with Crippen LogP contribution >= 0.6 is 0 Å². The van der Waals surface area contributed by atoms with E-state index in [-0.39, 0.29) is 12.0 Å². The van der Waals surface area contributed by atoms with Gasteiger partial charge < -0.3 is 9.64 Å². The molecule has 0 bridgehead atoms. The minimum absolute atomic E-state index is 0.0915. The molecule has 0 saturated carbocycles. The fourth-order valence-electron chi connectivity index (χ4n) is 2.56. The highest BCUT2D eigenvalue weighted by atomic mass is 16.6. The maximum Gasteiger partial charge on any atom is 0.414 e. The van der Waals surface area contributed by atoms with Gasteiger partial charge in [0, 0.05) is 24.0 Å². The Balaban J connectivity index is 1.78. The molecule has 23 heavy (non-hydrogen) atoms. The number of nitrogens with zero attached hydrogens (tertiary/aromatic N) is 2. The first kappa shape index (κ1) is 15.1. The Morgan fingerprint density at radius 1 is 1.17 bits per heavy atom. The summed E-state index contributed by atoms with van der Waals surface area (Å²) in [7, 11) is 1.75. The van der Waals surface area contributed by atoms with Gasteiger partial charge in [0.05, 0.1) is 6.54 Å². The average molecular weight is 310 g/mol. The zero-order valence-electron chi connectivity index (χ0n) is 13.2. The van der Waals surface area contributed by atoms with E-state index in [1.807, 2.05) is 31.2 Å². The molecule has 1 fully saturated rings. The van der Waals surface area contributed by atoms with Crippen molar-refractivity contribution in [2.75, 3.05) is 30.0 Å². The first-order valence-corrected chi connectivity index (χ1v) is 7.45. The van der Waals surface area contributed by atoms with Crippen LogP contribution in [0, 0.1) is 6.92 Å². The Labute approximate surface area is 135 Å². The van der Waals surface area contributed by atoms with Crippen LogP contribution in [0.15, 0.2) is 48.5 Å². The summed E-state index contributed by atoms with van der Waals surface area (Å²) in [5, 5.41) is 0. The summed E-state index contributed by atoms with van der Waals surface area (Å²) in [4.78, 5) is 27.3. The molecule has 0 N–H and O–H groups in total. The van der Waals surface area contributed by atoms with Crippen LogP contribution in [0.3, 0.4) is 0 Å². The van der Waals surface area contributed by atoms with Gasteiger partial charge in [0.2, 0.25) is 0 Å². The number of carbonyl (C=O) groups excluding carboxylic acids is 2. The normalized spacial score (nSPS) is 13.8. The third-order valence-corrected chi connectivity index (χ3v) is 3.88. The zero-order valence-corrected chi connectivity index (χ0v) is 13.2. The second kappa shape index (κ2) is 6.12. The van der Waals surface area contributed by atoms with E-state index in [0.717, 1.165) is 16.9 Å². The van der Waals surface area contributed by atoms with E-state index in [4.69, 9.17) is 4.74 Å². The van der Waals surface area contributed by atoms with Crippen LogP contribution in [0.1, 0.15) is 15.9 Å². The number of amides is 2. The lowest BCUT2D eigenvalue weighted by molar-refractivity contribution is 0.0993.